The van der Waals surface area contributed by atoms with Gasteiger partial charge in [-0.05, 0) is 38.1 Å². The summed E-state index contributed by atoms with van der Waals surface area (Å²) >= 11 is 5.84. The number of amides is 2. The van der Waals surface area contributed by atoms with Crippen LogP contribution in [0.25, 0.3) is 0 Å². The summed E-state index contributed by atoms with van der Waals surface area (Å²) in [5.41, 5.74) is 5.91. The second kappa shape index (κ2) is 6.03. The minimum absolute atomic E-state index is 0.0528. The molecule has 2 amide bonds. The Morgan fingerprint density at radius 3 is 2.62 bits per heavy atom. The van der Waals surface area contributed by atoms with Crippen LogP contribution in [0.4, 0.5) is 5.69 Å². The van der Waals surface area contributed by atoms with Crippen LogP contribution in [0.2, 0.25) is 5.02 Å². The highest BCUT2D eigenvalue weighted by Crippen LogP contribution is 2.26. The van der Waals surface area contributed by atoms with Crippen LogP contribution >= 0.6 is 11.6 Å². The van der Waals surface area contributed by atoms with Crippen LogP contribution in [-0.2, 0) is 9.59 Å². The lowest BCUT2D eigenvalue weighted by Crippen LogP contribution is -2.51. The number of nitrogens with one attached hydrogen (secondary N) is 1. The minimum Gasteiger partial charge on any atom is -0.350 e. The van der Waals surface area contributed by atoms with Crippen molar-refractivity contribution in [3.63, 3.8) is 0 Å². The Morgan fingerprint density at radius 1 is 1.43 bits per heavy atom. The van der Waals surface area contributed by atoms with Gasteiger partial charge in [-0.15, -0.1) is 0 Å². The summed E-state index contributed by atoms with van der Waals surface area (Å²) in [6.07, 6.45) is 0.217. The number of anilines is 1. The monoisotopic (exact) mass is 309 g/mol. The van der Waals surface area contributed by atoms with Crippen LogP contribution < -0.4 is 16.0 Å². The molecule has 1 unspecified atom stereocenters. The summed E-state index contributed by atoms with van der Waals surface area (Å²) < 4.78 is 0. The molecule has 1 atom stereocenters. The molecule has 114 valence electrons. The van der Waals surface area contributed by atoms with E-state index in [2.05, 4.69) is 5.32 Å². The third-order valence-electron chi connectivity index (χ3n) is 3.61. The van der Waals surface area contributed by atoms with Gasteiger partial charge in [0.2, 0.25) is 11.8 Å². The van der Waals surface area contributed by atoms with Gasteiger partial charge in [0.25, 0.3) is 0 Å². The summed E-state index contributed by atoms with van der Waals surface area (Å²) in [6, 6.07) is 7.03. The summed E-state index contributed by atoms with van der Waals surface area (Å²) in [7, 11) is 0. The van der Waals surface area contributed by atoms with E-state index in [0.717, 1.165) is 5.69 Å². The number of halogens is 1. The highest BCUT2D eigenvalue weighted by atomic mass is 35.5. The molecular formula is C15H20ClN3O2. The predicted molar refractivity (Wildman–Crippen MR) is 83.2 cm³/mol. The van der Waals surface area contributed by atoms with E-state index in [1.54, 1.807) is 29.2 Å². The van der Waals surface area contributed by atoms with Crippen LogP contribution in [0.15, 0.2) is 24.3 Å². The lowest BCUT2D eigenvalue weighted by molar-refractivity contribution is -0.127. The van der Waals surface area contributed by atoms with E-state index < -0.39 is 5.54 Å². The van der Waals surface area contributed by atoms with Crippen LogP contribution in [0, 0.1) is 5.92 Å². The first-order chi connectivity index (χ1) is 9.82. The Kier molecular flexibility index (Phi) is 4.54. The number of hydrogen-bond donors (Lipinski definition) is 2. The van der Waals surface area contributed by atoms with Crippen LogP contribution in [0.3, 0.4) is 0 Å². The van der Waals surface area contributed by atoms with Gasteiger partial charge in [-0.3, -0.25) is 9.59 Å². The van der Waals surface area contributed by atoms with Crippen molar-refractivity contribution < 1.29 is 9.59 Å². The molecule has 1 saturated heterocycles. The van der Waals surface area contributed by atoms with Gasteiger partial charge in [0.1, 0.15) is 0 Å². The summed E-state index contributed by atoms with van der Waals surface area (Å²) in [6.45, 7) is 4.45. The van der Waals surface area contributed by atoms with E-state index in [4.69, 9.17) is 17.3 Å². The van der Waals surface area contributed by atoms with E-state index in [1.807, 2.05) is 13.8 Å². The Labute approximate surface area is 129 Å². The molecule has 21 heavy (non-hydrogen) atoms. The smallest absolute Gasteiger partial charge is 0.227 e. The maximum absolute atomic E-state index is 12.2. The molecule has 1 aliphatic heterocycles. The van der Waals surface area contributed by atoms with Gasteiger partial charge in [0.15, 0.2) is 0 Å². The maximum Gasteiger partial charge on any atom is 0.227 e. The number of hydrogen-bond acceptors (Lipinski definition) is 3. The standard InChI is InChI=1S/C15H20ClN3O2/c1-15(2,9-17)18-14(21)10-7-13(20)19(8-10)12-5-3-11(16)4-6-12/h3-6,10H,7-9,17H2,1-2H3,(H,18,21). The zero-order valence-corrected chi connectivity index (χ0v) is 13.0. The fourth-order valence-corrected chi connectivity index (χ4v) is 2.37. The minimum atomic E-state index is -0.464. The van der Waals surface area contributed by atoms with Gasteiger partial charge in [0, 0.05) is 35.8 Å². The van der Waals surface area contributed by atoms with Crippen molar-refractivity contribution in [2.24, 2.45) is 11.7 Å². The van der Waals surface area contributed by atoms with E-state index in [9.17, 15) is 9.59 Å². The highest BCUT2D eigenvalue weighted by molar-refractivity contribution is 6.30. The molecule has 6 heteroatoms. The number of benzene rings is 1. The van der Waals surface area contributed by atoms with Gasteiger partial charge in [-0.2, -0.15) is 0 Å². The number of nitrogens with two attached hydrogens (primary N) is 1. The predicted octanol–water partition coefficient (Wildman–Crippen LogP) is 1.55. The number of carbonyl (C=O) groups is 2. The van der Waals surface area contributed by atoms with Crippen molar-refractivity contribution in [2.45, 2.75) is 25.8 Å². The first-order valence-corrected chi connectivity index (χ1v) is 7.28. The van der Waals surface area contributed by atoms with Gasteiger partial charge in [-0.25, -0.2) is 0 Å². The quantitative estimate of drug-likeness (QED) is 0.886. The highest BCUT2D eigenvalue weighted by Gasteiger charge is 2.36. The van der Waals surface area contributed by atoms with Crippen molar-refractivity contribution in [3.05, 3.63) is 29.3 Å². The zero-order valence-electron chi connectivity index (χ0n) is 12.2. The Bertz CT molecular complexity index is 542. The Morgan fingerprint density at radius 2 is 2.05 bits per heavy atom. The molecule has 0 aliphatic carbocycles. The molecule has 1 heterocycles. The van der Waals surface area contributed by atoms with Gasteiger partial charge in [-0.1, -0.05) is 11.6 Å². The van der Waals surface area contributed by atoms with Gasteiger partial charge in [0.05, 0.1) is 5.92 Å². The molecule has 3 N–H and O–H groups in total. The van der Waals surface area contributed by atoms with Crippen molar-refractivity contribution in [1.29, 1.82) is 0 Å². The van der Waals surface area contributed by atoms with E-state index in [1.165, 1.54) is 0 Å². The molecule has 1 fully saturated rings. The fourth-order valence-electron chi connectivity index (χ4n) is 2.24. The molecule has 2 rings (SSSR count). The first-order valence-electron chi connectivity index (χ1n) is 6.90. The molecule has 1 aromatic rings. The fraction of sp³-hybridized carbons (Fsp3) is 0.467. The van der Waals surface area contributed by atoms with Gasteiger partial charge >= 0.3 is 0 Å². The third kappa shape index (κ3) is 3.74. The SMILES string of the molecule is CC(C)(CN)NC(=O)C1CC(=O)N(c2ccc(Cl)cc2)C1. The molecule has 5 nitrogen and oxygen atoms in total. The summed E-state index contributed by atoms with van der Waals surface area (Å²) in [4.78, 5) is 25.9. The van der Waals surface area contributed by atoms with E-state index in [0.29, 0.717) is 18.1 Å². The Hall–Kier alpha value is -1.59. The van der Waals surface area contributed by atoms with Crippen molar-refractivity contribution in [1.82, 2.24) is 5.32 Å². The molecule has 1 aliphatic rings. The van der Waals surface area contributed by atoms with Crippen LogP contribution in [0.5, 0.6) is 0 Å². The van der Waals surface area contributed by atoms with Crippen molar-refractivity contribution in [2.75, 3.05) is 18.0 Å². The number of nitrogens with zero attached hydrogens (tertiary/aromatic N) is 1. The molecule has 0 bridgehead atoms. The molecule has 0 saturated carbocycles. The first kappa shape index (κ1) is 15.8. The summed E-state index contributed by atoms with van der Waals surface area (Å²) in [5, 5.41) is 3.50. The topological polar surface area (TPSA) is 75.4 Å². The Balaban J connectivity index is 2.05. The molecule has 0 aromatic heterocycles. The zero-order chi connectivity index (χ0) is 15.6. The third-order valence-corrected chi connectivity index (χ3v) is 3.86. The van der Waals surface area contributed by atoms with Crippen LogP contribution in [0.1, 0.15) is 20.3 Å². The van der Waals surface area contributed by atoms with Crippen LogP contribution in [-0.4, -0.2) is 30.4 Å². The lowest BCUT2D eigenvalue weighted by atomic mass is 10.0. The maximum atomic E-state index is 12.2. The summed E-state index contributed by atoms with van der Waals surface area (Å²) in [5.74, 6) is -0.530. The molecule has 1 aromatic carbocycles. The average Bonchev–Trinajstić information content (AvgIpc) is 2.81. The lowest BCUT2D eigenvalue weighted by Gasteiger charge is -2.26. The number of rotatable bonds is 4. The number of carbonyl (C=O) groups excluding carboxylic acids is 2. The molecule has 0 radical (unpaired) electrons. The van der Waals surface area contributed by atoms with Crippen molar-refractivity contribution in [3.8, 4) is 0 Å². The second-order valence-corrected chi connectivity index (χ2v) is 6.40. The normalized spacial score (nSPS) is 19.0. The average molecular weight is 310 g/mol. The largest absolute Gasteiger partial charge is 0.350 e. The molecular weight excluding hydrogens is 290 g/mol. The second-order valence-electron chi connectivity index (χ2n) is 5.96. The van der Waals surface area contributed by atoms with E-state index in [-0.39, 0.29) is 24.2 Å². The van der Waals surface area contributed by atoms with Gasteiger partial charge < -0.3 is 16.0 Å². The van der Waals surface area contributed by atoms with E-state index >= 15 is 0 Å². The van der Waals surface area contributed by atoms with Crippen molar-refractivity contribution >= 4 is 29.1 Å². The molecule has 0 spiro atoms.